The van der Waals surface area contributed by atoms with Crippen molar-refractivity contribution in [3.63, 3.8) is 0 Å². The summed E-state index contributed by atoms with van der Waals surface area (Å²) in [7, 11) is -3.32. The van der Waals surface area contributed by atoms with Gasteiger partial charge in [-0.05, 0) is 38.0 Å². The molecule has 0 amide bonds. The van der Waals surface area contributed by atoms with E-state index in [2.05, 4.69) is 29.2 Å². The molecule has 3 aromatic rings. The predicted octanol–water partition coefficient (Wildman–Crippen LogP) is 4.46. The highest BCUT2D eigenvalue weighted by atomic mass is 35.5. The van der Waals surface area contributed by atoms with E-state index in [9.17, 15) is 8.42 Å². The zero-order valence-electron chi connectivity index (χ0n) is 17.1. The fourth-order valence-corrected chi connectivity index (χ4v) is 4.26. The molecular formula is C20H26ClN5O2S. The Morgan fingerprint density at radius 3 is 2.45 bits per heavy atom. The van der Waals surface area contributed by atoms with E-state index in [4.69, 9.17) is 16.6 Å². The van der Waals surface area contributed by atoms with Gasteiger partial charge in [0.15, 0.2) is 15.5 Å². The lowest BCUT2D eigenvalue weighted by molar-refractivity contribution is 0.602. The Balaban J connectivity index is 2.08. The van der Waals surface area contributed by atoms with Gasteiger partial charge in [0.05, 0.1) is 21.8 Å². The molecule has 9 heteroatoms. The highest BCUT2D eigenvalue weighted by molar-refractivity contribution is 7.90. The Hall–Kier alpha value is -2.32. The molecule has 0 radical (unpaired) electrons. The molecular weight excluding hydrogens is 410 g/mol. The van der Waals surface area contributed by atoms with Crippen molar-refractivity contribution in [2.45, 2.75) is 38.5 Å². The number of aromatic nitrogens is 3. The minimum Gasteiger partial charge on any atom is -0.356 e. The molecule has 0 bridgehead atoms. The van der Waals surface area contributed by atoms with Crippen molar-refractivity contribution in [2.75, 3.05) is 29.6 Å². The second-order valence-corrected chi connectivity index (χ2v) is 9.46. The van der Waals surface area contributed by atoms with E-state index in [1.807, 2.05) is 17.5 Å². The fraction of sp³-hybridized carbons (Fsp3) is 0.400. The molecule has 0 saturated carbocycles. The molecule has 0 atom stereocenters. The summed E-state index contributed by atoms with van der Waals surface area (Å²) in [6, 6.07) is 6.51. The lowest BCUT2D eigenvalue weighted by Gasteiger charge is -2.27. The van der Waals surface area contributed by atoms with Gasteiger partial charge in [-0.3, -0.25) is 0 Å². The van der Waals surface area contributed by atoms with Crippen molar-refractivity contribution in [1.82, 2.24) is 14.6 Å². The van der Waals surface area contributed by atoms with Crippen molar-refractivity contribution in [3.8, 4) is 0 Å². The van der Waals surface area contributed by atoms with Gasteiger partial charge in [-0.1, -0.05) is 25.4 Å². The molecule has 0 aliphatic rings. The third kappa shape index (κ3) is 4.48. The third-order valence-corrected chi connectivity index (χ3v) is 6.07. The summed E-state index contributed by atoms with van der Waals surface area (Å²) in [6.45, 7) is 8.14. The van der Waals surface area contributed by atoms with Gasteiger partial charge in [0.2, 0.25) is 0 Å². The largest absolute Gasteiger partial charge is 0.356 e. The van der Waals surface area contributed by atoms with Crippen LogP contribution in [0.3, 0.4) is 0 Å². The first-order chi connectivity index (χ1) is 13.8. The Bertz CT molecular complexity index is 1120. The summed E-state index contributed by atoms with van der Waals surface area (Å²) >= 11 is 6.35. The zero-order valence-corrected chi connectivity index (χ0v) is 18.7. The van der Waals surface area contributed by atoms with Crippen LogP contribution >= 0.6 is 11.6 Å². The first-order valence-electron chi connectivity index (χ1n) is 9.62. The summed E-state index contributed by atoms with van der Waals surface area (Å²) in [5, 5.41) is 8.06. The topological polar surface area (TPSA) is 79.6 Å². The summed E-state index contributed by atoms with van der Waals surface area (Å²) in [5.41, 5.74) is 2.28. The molecule has 0 aliphatic carbocycles. The summed E-state index contributed by atoms with van der Waals surface area (Å²) in [4.78, 5) is 7.19. The molecule has 0 saturated heterocycles. The molecule has 29 heavy (non-hydrogen) atoms. The molecule has 0 spiro atoms. The molecule has 2 heterocycles. The Morgan fingerprint density at radius 1 is 1.17 bits per heavy atom. The normalized spacial score (nSPS) is 11.8. The van der Waals surface area contributed by atoms with E-state index in [0.717, 1.165) is 49.2 Å². The van der Waals surface area contributed by atoms with Crippen LogP contribution in [0.1, 0.15) is 32.3 Å². The van der Waals surface area contributed by atoms with Crippen molar-refractivity contribution in [1.29, 1.82) is 0 Å². The molecule has 0 aliphatic heterocycles. The molecule has 0 unspecified atom stereocenters. The molecule has 7 nitrogen and oxygen atoms in total. The maximum absolute atomic E-state index is 11.8. The van der Waals surface area contributed by atoms with Gasteiger partial charge < -0.3 is 10.2 Å². The minimum absolute atomic E-state index is 0.182. The first-order valence-corrected chi connectivity index (χ1v) is 11.9. The number of benzene rings is 1. The van der Waals surface area contributed by atoms with Crippen LogP contribution in [0.4, 0.5) is 17.3 Å². The van der Waals surface area contributed by atoms with Gasteiger partial charge in [0.25, 0.3) is 0 Å². The second-order valence-electron chi connectivity index (χ2n) is 7.04. The molecule has 1 aromatic carbocycles. The van der Waals surface area contributed by atoms with Gasteiger partial charge in [-0.2, -0.15) is 9.61 Å². The standard InChI is InChI=1S/C20H26ClN5O2S/c1-5-11-25(12-6-2)20-14(3)19(24-18-9-10-22-26(18)20)23-17-8-7-15(13-16(17)21)29(4,27)28/h7-10,13H,5-6,11-12H2,1-4H3,(H,23,24). The molecule has 156 valence electrons. The lowest BCUT2D eigenvalue weighted by Crippen LogP contribution is -2.28. The lowest BCUT2D eigenvalue weighted by atomic mass is 10.2. The van der Waals surface area contributed by atoms with E-state index in [1.165, 1.54) is 12.1 Å². The number of halogens is 1. The highest BCUT2D eigenvalue weighted by Gasteiger charge is 2.19. The first kappa shape index (κ1) is 21.4. The van der Waals surface area contributed by atoms with Crippen LogP contribution in [0.15, 0.2) is 35.4 Å². The SMILES string of the molecule is CCCN(CCC)c1c(C)c(Nc2ccc(S(C)(=O)=O)cc2Cl)nc2ccnn12. The monoisotopic (exact) mass is 435 g/mol. The van der Waals surface area contributed by atoms with Gasteiger partial charge in [-0.25, -0.2) is 13.4 Å². The van der Waals surface area contributed by atoms with Crippen molar-refractivity contribution in [2.24, 2.45) is 0 Å². The van der Waals surface area contributed by atoms with Crippen LogP contribution < -0.4 is 10.2 Å². The Morgan fingerprint density at radius 2 is 1.86 bits per heavy atom. The number of nitrogens with zero attached hydrogens (tertiary/aromatic N) is 4. The van der Waals surface area contributed by atoms with Crippen LogP contribution in [0, 0.1) is 6.92 Å². The summed E-state index contributed by atoms with van der Waals surface area (Å²) in [6.07, 6.45) is 4.94. The van der Waals surface area contributed by atoms with E-state index < -0.39 is 9.84 Å². The number of sulfone groups is 1. The predicted molar refractivity (Wildman–Crippen MR) is 118 cm³/mol. The van der Waals surface area contributed by atoms with Crippen LogP contribution in [0.5, 0.6) is 0 Å². The number of hydrogen-bond acceptors (Lipinski definition) is 6. The van der Waals surface area contributed by atoms with Gasteiger partial charge in [-0.15, -0.1) is 0 Å². The highest BCUT2D eigenvalue weighted by Crippen LogP contribution is 2.32. The van der Waals surface area contributed by atoms with E-state index in [1.54, 1.807) is 12.3 Å². The van der Waals surface area contributed by atoms with Crippen molar-refractivity contribution >= 4 is 44.4 Å². The molecule has 0 fully saturated rings. The minimum atomic E-state index is -3.32. The van der Waals surface area contributed by atoms with Crippen LogP contribution in [-0.4, -0.2) is 42.4 Å². The number of anilines is 3. The van der Waals surface area contributed by atoms with E-state index in [0.29, 0.717) is 16.5 Å². The third-order valence-electron chi connectivity index (χ3n) is 4.65. The second kappa shape index (κ2) is 8.59. The Labute approximate surface area is 176 Å². The average Bonchev–Trinajstić information content (AvgIpc) is 3.11. The van der Waals surface area contributed by atoms with Crippen LogP contribution in [-0.2, 0) is 9.84 Å². The zero-order chi connectivity index (χ0) is 21.2. The van der Waals surface area contributed by atoms with E-state index in [-0.39, 0.29) is 4.90 Å². The van der Waals surface area contributed by atoms with Gasteiger partial charge in [0, 0.05) is 31.0 Å². The average molecular weight is 436 g/mol. The molecule has 1 N–H and O–H groups in total. The van der Waals surface area contributed by atoms with Gasteiger partial charge >= 0.3 is 0 Å². The fourth-order valence-electron chi connectivity index (χ4n) is 3.32. The van der Waals surface area contributed by atoms with Crippen molar-refractivity contribution in [3.05, 3.63) is 41.0 Å². The molecule has 2 aromatic heterocycles. The maximum Gasteiger partial charge on any atom is 0.175 e. The van der Waals surface area contributed by atoms with Crippen LogP contribution in [0.25, 0.3) is 5.65 Å². The van der Waals surface area contributed by atoms with Crippen molar-refractivity contribution < 1.29 is 8.42 Å². The number of rotatable bonds is 8. The van der Waals surface area contributed by atoms with E-state index >= 15 is 0 Å². The molecule has 3 rings (SSSR count). The smallest absolute Gasteiger partial charge is 0.175 e. The maximum atomic E-state index is 11.8. The van der Waals surface area contributed by atoms with Crippen LogP contribution in [0.2, 0.25) is 5.02 Å². The van der Waals surface area contributed by atoms with Gasteiger partial charge in [0.1, 0.15) is 11.6 Å². The summed E-state index contributed by atoms with van der Waals surface area (Å²) in [5.74, 6) is 1.66. The quantitative estimate of drug-likeness (QED) is 0.562. The number of fused-ring (bicyclic) bond motifs is 1. The number of hydrogen-bond donors (Lipinski definition) is 1. The Kier molecular flexibility index (Phi) is 6.33. The number of nitrogens with one attached hydrogen (secondary N) is 1. The summed E-state index contributed by atoms with van der Waals surface area (Å²) < 4.78 is 25.4.